The van der Waals surface area contributed by atoms with Crippen molar-refractivity contribution in [3.8, 4) is 0 Å². The molecule has 2 fully saturated rings. The molecule has 0 aliphatic heterocycles. The fourth-order valence-corrected chi connectivity index (χ4v) is 4.02. The molecule has 1 aromatic rings. The first-order chi connectivity index (χ1) is 8.19. The third-order valence-corrected chi connectivity index (χ3v) is 5.02. The summed E-state index contributed by atoms with van der Waals surface area (Å²) < 4.78 is 5.92. The molecule has 0 saturated heterocycles. The van der Waals surface area contributed by atoms with Crippen molar-refractivity contribution in [1.82, 2.24) is 5.32 Å². The minimum absolute atomic E-state index is 0.428. The molecule has 94 valence electrons. The summed E-state index contributed by atoms with van der Waals surface area (Å²) in [6.45, 7) is 4.20. The van der Waals surface area contributed by atoms with E-state index in [-0.39, 0.29) is 0 Å². The second-order valence-corrected chi connectivity index (χ2v) is 5.99. The SMILES string of the molecule is CNC(c1cc(C)c(C)o1)C1CC2CCC1C2. The summed E-state index contributed by atoms with van der Waals surface area (Å²) in [7, 11) is 2.07. The lowest BCUT2D eigenvalue weighted by Crippen LogP contribution is -2.28. The van der Waals surface area contributed by atoms with E-state index < -0.39 is 0 Å². The summed E-state index contributed by atoms with van der Waals surface area (Å²) in [6, 6.07) is 2.65. The van der Waals surface area contributed by atoms with Crippen LogP contribution in [-0.2, 0) is 0 Å². The van der Waals surface area contributed by atoms with Crippen LogP contribution < -0.4 is 5.32 Å². The van der Waals surface area contributed by atoms with Gasteiger partial charge in [-0.1, -0.05) is 6.42 Å². The fraction of sp³-hybridized carbons (Fsp3) is 0.733. The minimum Gasteiger partial charge on any atom is -0.464 e. The average Bonchev–Trinajstić information content (AvgIpc) is 2.98. The quantitative estimate of drug-likeness (QED) is 0.863. The predicted octanol–water partition coefficient (Wildman–Crippen LogP) is 3.59. The number of nitrogens with one attached hydrogen (secondary N) is 1. The fourth-order valence-electron chi connectivity index (χ4n) is 4.02. The average molecular weight is 233 g/mol. The van der Waals surface area contributed by atoms with E-state index in [4.69, 9.17) is 4.42 Å². The van der Waals surface area contributed by atoms with Crippen LogP contribution in [0.5, 0.6) is 0 Å². The number of aryl methyl sites for hydroxylation is 2. The zero-order valence-electron chi connectivity index (χ0n) is 11.1. The molecule has 1 N–H and O–H groups in total. The van der Waals surface area contributed by atoms with E-state index in [1.54, 1.807) is 0 Å². The highest BCUT2D eigenvalue weighted by atomic mass is 16.3. The molecule has 3 rings (SSSR count). The molecule has 0 spiro atoms. The summed E-state index contributed by atoms with van der Waals surface area (Å²) in [4.78, 5) is 0. The predicted molar refractivity (Wildman–Crippen MR) is 68.9 cm³/mol. The van der Waals surface area contributed by atoms with Crippen molar-refractivity contribution >= 4 is 0 Å². The van der Waals surface area contributed by atoms with E-state index in [0.29, 0.717) is 6.04 Å². The Bertz CT molecular complexity index is 390. The van der Waals surface area contributed by atoms with Crippen molar-refractivity contribution in [2.75, 3.05) is 7.05 Å². The Morgan fingerprint density at radius 3 is 2.59 bits per heavy atom. The van der Waals surface area contributed by atoms with Gasteiger partial charge in [-0.05, 0) is 69.5 Å². The summed E-state index contributed by atoms with van der Waals surface area (Å²) in [5.41, 5.74) is 1.28. The number of fused-ring (bicyclic) bond motifs is 2. The molecule has 2 heteroatoms. The van der Waals surface area contributed by atoms with E-state index in [1.165, 1.54) is 31.2 Å². The van der Waals surface area contributed by atoms with Gasteiger partial charge in [-0.25, -0.2) is 0 Å². The molecular weight excluding hydrogens is 210 g/mol. The molecule has 4 unspecified atom stereocenters. The smallest absolute Gasteiger partial charge is 0.121 e. The van der Waals surface area contributed by atoms with E-state index in [2.05, 4.69) is 32.3 Å². The molecule has 17 heavy (non-hydrogen) atoms. The molecular formula is C15H23NO. The Morgan fingerprint density at radius 2 is 2.12 bits per heavy atom. The van der Waals surface area contributed by atoms with Gasteiger partial charge in [-0.3, -0.25) is 0 Å². The van der Waals surface area contributed by atoms with Crippen LogP contribution in [0.2, 0.25) is 0 Å². The van der Waals surface area contributed by atoms with Crippen molar-refractivity contribution in [2.24, 2.45) is 17.8 Å². The van der Waals surface area contributed by atoms with Crippen LogP contribution >= 0.6 is 0 Å². The third kappa shape index (κ3) is 1.83. The van der Waals surface area contributed by atoms with Crippen LogP contribution in [-0.4, -0.2) is 7.05 Å². The molecule has 0 radical (unpaired) electrons. The highest BCUT2D eigenvalue weighted by Gasteiger charge is 2.43. The Kier molecular flexibility index (Phi) is 2.78. The van der Waals surface area contributed by atoms with E-state index in [9.17, 15) is 0 Å². The van der Waals surface area contributed by atoms with Crippen LogP contribution in [0.4, 0.5) is 0 Å². The summed E-state index contributed by atoms with van der Waals surface area (Å²) in [5, 5.41) is 3.49. The molecule has 1 aromatic heterocycles. The maximum Gasteiger partial charge on any atom is 0.121 e. The Labute approximate surface area is 104 Å². The van der Waals surface area contributed by atoms with Crippen LogP contribution in [0.1, 0.15) is 48.8 Å². The number of hydrogen-bond acceptors (Lipinski definition) is 2. The van der Waals surface area contributed by atoms with Gasteiger partial charge >= 0.3 is 0 Å². The van der Waals surface area contributed by atoms with Gasteiger partial charge in [-0.15, -0.1) is 0 Å². The number of rotatable bonds is 3. The van der Waals surface area contributed by atoms with Gasteiger partial charge in [0.05, 0.1) is 6.04 Å². The van der Waals surface area contributed by atoms with Crippen molar-refractivity contribution in [3.05, 3.63) is 23.2 Å². The first-order valence-corrected chi connectivity index (χ1v) is 6.93. The zero-order chi connectivity index (χ0) is 12.0. The second-order valence-electron chi connectivity index (χ2n) is 5.99. The molecule has 2 saturated carbocycles. The van der Waals surface area contributed by atoms with Gasteiger partial charge in [0.15, 0.2) is 0 Å². The number of hydrogen-bond donors (Lipinski definition) is 1. The topological polar surface area (TPSA) is 25.2 Å². The van der Waals surface area contributed by atoms with Crippen LogP contribution in [0.25, 0.3) is 0 Å². The summed E-state index contributed by atoms with van der Waals surface area (Å²) >= 11 is 0. The Hall–Kier alpha value is -0.760. The van der Waals surface area contributed by atoms with Gasteiger partial charge < -0.3 is 9.73 Å². The zero-order valence-corrected chi connectivity index (χ0v) is 11.1. The molecule has 4 atom stereocenters. The molecule has 0 amide bonds. The maximum atomic E-state index is 5.92. The highest BCUT2D eigenvalue weighted by Crippen LogP contribution is 2.52. The van der Waals surface area contributed by atoms with Gasteiger partial charge in [0.25, 0.3) is 0 Å². The van der Waals surface area contributed by atoms with Crippen molar-refractivity contribution in [3.63, 3.8) is 0 Å². The lowest BCUT2D eigenvalue weighted by atomic mass is 9.82. The Balaban J connectivity index is 1.84. The van der Waals surface area contributed by atoms with Crippen LogP contribution in [0, 0.1) is 31.6 Å². The maximum absolute atomic E-state index is 5.92. The van der Waals surface area contributed by atoms with Crippen molar-refractivity contribution in [1.29, 1.82) is 0 Å². The Morgan fingerprint density at radius 1 is 1.29 bits per heavy atom. The third-order valence-electron chi connectivity index (χ3n) is 5.02. The van der Waals surface area contributed by atoms with E-state index in [0.717, 1.165) is 29.3 Å². The molecule has 2 aliphatic rings. The van der Waals surface area contributed by atoms with E-state index >= 15 is 0 Å². The van der Waals surface area contributed by atoms with Gasteiger partial charge in [0.1, 0.15) is 11.5 Å². The van der Waals surface area contributed by atoms with Gasteiger partial charge in [0, 0.05) is 0 Å². The standard InChI is InChI=1S/C15H23NO/c1-9-6-14(17-10(9)2)15(16-3)13-8-11-4-5-12(13)7-11/h6,11-13,15-16H,4-5,7-8H2,1-3H3. The largest absolute Gasteiger partial charge is 0.464 e. The van der Waals surface area contributed by atoms with Crippen LogP contribution in [0.3, 0.4) is 0 Å². The highest BCUT2D eigenvalue weighted by molar-refractivity contribution is 5.22. The lowest BCUT2D eigenvalue weighted by Gasteiger charge is -2.28. The van der Waals surface area contributed by atoms with Crippen molar-refractivity contribution in [2.45, 2.75) is 45.6 Å². The molecule has 2 bridgehead atoms. The van der Waals surface area contributed by atoms with Gasteiger partial charge in [0.2, 0.25) is 0 Å². The van der Waals surface area contributed by atoms with Crippen molar-refractivity contribution < 1.29 is 4.42 Å². The van der Waals surface area contributed by atoms with E-state index in [1.807, 2.05) is 0 Å². The first-order valence-electron chi connectivity index (χ1n) is 6.93. The monoisotopic (exact) mass is 233 g/mol. The lowest BCUT2D eigenvalue weighted by molar-refractivity contribution is 0.233. The molecule has 2 aliphatic carbocycles. The first kappa shape index (κ1) is 11.3. The van der Waals surface area contributed by atoms with Crippen LogP contribution in [0.15, 0.2) is 10.5 Å². The molecule has 2 nitrogen and oxygen atoms in total. The summed E-state index contributed by atoms with van der Waals surface area (Å²) in [5.74, 6) is 4.95. The molecule has 0 aromatic carbocycles. The minimum atomic E-state index is 0.428. The molecule has 1 heterocycles. The second kappa shape index (κ2) is 4.16. The summed E-state index contributed by atoms with van der Waals surface area (Å²) in [6.07, 6.45) is 5.76. The number of furan rings is 1. The normalized spacial score (nSPS) is 33.2. The van der Waals surface area contributed by atoms with Gasteiger partial charge in [-0.2, -0.15) is 0 Å².